The van der Waals surface area contributed by atoms with E-state index in [0.717, 1.165) is 18.2 Å². The lowest BCUT2D eigenvalue weighted by molar-refractivity contribution is -0.186. The van der Waals surface area contributed by atoms with Gasteiger partial charge in [0.25, 0.3) is 0 Å². The third kappa shape index (κ3) is 8.87. The van der Waals surface area contributed by atoms with Gasteiger partial charge in [0, 0.05) is 54.3 Å². The molecule has 0 radical (unpaired) electrons. The maximum Gasteiger partial charge on any atom is 0.410 e. The van der Waals surface area contributed by atoms with Crippen molar-refractivity contribution >= 4 is 29.3 Å². The lowest BCUT2D eigenvalue weighted by atomic mass is 9.84. The van der Waals surface area contributed by atoms with E-state index in [9.17, 15) is 18.4 Å². The molecule has 2 fully saturated rings. The summed E-state index contributed by atoms with van der Waals surface area (Å²) in [6, 6.07) is 12.4. The second kappa shape index (κ2) is 14.9. The molecule has 48 heavy (non-hydrogen) atoms. The lowest BCUT2D eigenvalue weighted by Crippen LogP contribution is -2.59. The van der Waals surface area contributed by atoms with E-state index in [1.165, 1.54) is 12.1 Å². The summed E-state index contributed by atoms with van der Waals surface area (Å²) in [5, 5.41) is 3.18. The Morgan fingerprint density at radius 1 is 1.04 bits per heavy atom. The number of ether oxygens (including phenoxy) is 3. The Kier molecular flexibility index (Phi) is 11.0. The third-order valence-electron chi connectivity index (χ3n) is 8.60. The van der Waals surface area contributed by atoms with Gasteiger partial charge in [-0.15, -0.1) is 0 Å². The number of halogens is 4. The Hall–Kier alpha value is -3.64. The van der Waals surface area contributed by atoms with Crippen LogP contribution < -0.4 is 11.1 Å². The number of nitrogens with one attached hydrogen (secondary N) is 1. The average Bonchev–Trinajstić information content (AvgIpc) is 3.00. The van der Waals surface area contributed by atoms with Crippen LogP contribution in [0.1, 0.15) is 62.6 Å². The summed E-state index contributed by atoms with van der Waals surface area (Å²) >= 11 is 6.07. The molecule has 2 saturated heterocycles. The smallest absolute Gasteiger partial charge is 0.410 e. The number of hydrogen-bond donors (Lipinski definition) is 2. The number of carbonyl (C=O) groups is 2. The van der Waals surface area contributed by atoms with Crippen molar-refractivity contribution in [3.63, 3.8) is 0 Å². The maximum absolute atomic E-state index is 15.4. The largest absolute Gasteiger partial charge is 0.444 e. The Morgan fingerprint density at radius 3 is 2.35 bits per heavy atom. The van der Waals surface area contributed by atoms with E-state index < -0.39 is 58.7 Å². The van der Waals surface area contributed by atoms with Crippen LogP contribution >= 0.6 is 11.6 Å². The maximum atomic E-state index is 15.4. The number of benzene rings is 3. The Balaban J connectivity index is 1.35. The molecule has 258 valence electrons. The van der Waals surface area contributed by atoms with Gasteiger partial charge in [-0.05, 0) is 81.1 Å². The van der Waals surface area contributed by atoms with Crippen LogP contribution in [0.25, 0.3) is 0 Å². The second-order valence-corrected chi connectivity index (χ2v) is 13.9. The highest BCUT2D eigenvalue weighted by Crippen LogP contribution is 2.35. The quantitative estimate of drug-likeness (QED) is 0.265. The van der Waals surface area contributed by atoms with E-state index in [2.05, 4.69) is 5.32 Å². The van der Waals surface area contributed by atoms with Gasteiger partial charge < -0.3 is 30.2 Å². The molecule has 5 rings (SSSR count). The molecule has 0 aliphatic carbocycles. The van der Waals surface area contributed by atoms with Gasteiger partial charge in [0.2, 0.25) is 5.91 Å². The van der Waals surface area contributed by atoms with Crippen molar-refractivity contribution in [1.29, 1.82) is 0 Å². The van der Waals surface area contributed by atoms with Crippen LogP contribution in [0, 0.1) is 17.5 Å². The number of carbonyl (C=O) groups excluding carboxylic acids is 2. The van der Waals surface area contributed by atoms with E-state index >= 15 is 4.39 Å². The number of morpholine rings is 1. The summed E-state index contributed by atoms with van der Waals surface area (Å²) in [6.45, 7) is 7.04. The van der Waals surface area contributed by atoms with E-state index in [-0.39, 0.29) is 29.8 Å². The molecule has 0 bridgehead atoms. The molecule has 12 heteroatoms. The van der Waals surface area contributed by atoms with E-state index in [1.54, 1.807) is 56.0 Å². The van der Waals surface area contributed by atoms with E-state index in [4.69, 9.17) is 31.5 Å². The molecule has 2 aliphatic heterocycles. The lowest BCUT2D eigenvalue weighted by Gasteiger charge is -2.48. The van der Waals surface area contributed by atoms with Crippen LogP contribution in [0.2, 0.25) is 5.02 Å². The zero-order valence-electron chi connectivity index (χ0n) is 27.2. The first-order chi connectivity index (χ1) is 22.7. The molecule has 1 unspecified atom stereocenters. The second-order valence-electron chi connectivity index (χ2n) is 13.4. The molecular formula is C36H41ClF3N3O5. The topological polar surface area (TPSA) is 103 Å². The molecule has 3 atom stereocenters. The monoisotopic (exact) mass is 687 g/mol. The Labute approximate surface area is 283 Å². The third-order valence-corrected chi connectivity index (χ3v) is 8.86. The zero-order chi connectivity index (χ0) is 34.6. The summed E-state index contributed by atoms with van der Waals surface area (Å²) in [6.07, 6.45) is 0.840. The fourth-order valence-electron chi connectivity index (χ4n) is 6.36. The molecule has 2 aliphatic rings. The van der Waals surface area contributed by atoms with Gasteiger partial charge in [-0.25, -0.2) is 18.0 Å². The number of hydrogen-bond acceptors (Lipinski definition) is 6. The zero-order valence-corrected chi connectivity index (χ0v) is 28.0. The molecule has 8 nitrogen and oxygen atoms in total. The number of nitrogens with two attached hydrogens (primary N) is 1. The van der Waals surface area contributed by atoms with Crippen molar-refractivity contribution in [2.75, 3.05) is 31.6 Å². The van der Waals surface area contributed by atoms with E-state index in [1.807, 2.05) is 0 Å². The number of rotatable bonds is 8. The summed E-state index contributed by atoms with van der Waals surface area (Å²) < 4.78 is 61.7. The highest BCUT2D eigenvalue weighted by molar-refractivity contribution is 6.30. The number of nitrogens with zero attached hydrogens (tertiary/aromatic N) is 1. The van der Waals surface area contributed by atoms with Crippen molar-refractivity contribution in [3.8, 4) is 0 Å². The summed E-state index contributed by atoms with van der Waals surface area (Å²) in [4.78, 5) is 28.4. The Morgan fingerprint density at radius 2 is 1.71 bits per heavy atom. The van der Waals surface area contributed by atoms with Crippen molar-refractivity contribution in [2.45, 2.75) is 75.7 Å². The molecule has 3 aromatic rings. The average molecular weight is 688 g/mol. The van der Waals surface area contributed by atoms with Crippen LogP contribution in [0.15, 0.2) is 60.7 Å². The van der Waals surface area contributed by atoms with Gasteiger partial charge >= 0.3 is 6.09 Å². The van der Waals surface area contributed by atoms with Gasteiger partial charge in [-0.2, -0.15) is 0 Å². The van der Waals surface area contributed by atoms with Gasteiger partial charge in [0.1, 0.15) is 23.1 Å². The SMILES string of the molecule is CC(C)(C)OC(=O)N1CC(CCc2c(F)cccc2NC(=O)[C@@H](N)[C@@H](c2ccc(Cl)cc2)c2cc(F)cc(F)c2)OC2(CCOCC2)C1. The molecule has 3 N–H and O–H groups in total. The fourth-order valence-corrected chi connectivity index (χ4v) is 6.48. The first kappa shape index (κ1) is 35.7. The number of anilines is 1. The summed E-state index contributed by atoms with van der Waals surface area (Å²) in [5.74, 6) is -3.81. The van der Waals surface area contributed by atoms with Crippen LogP contribution in [-0.4, -0.2) is 66.6 Å². The van der Waals surface area contributed by atoms with Gasteiger partial charge in [-0.3, -0.25) is 4.79 Å². The summed E-state index contributed by atoms with van der Waals surface area (Å²) in [7, 11) is 0. The normalized spacial score (nSPS) is 19.1. The van der Waals surface area contributed by atoms with Crippen molar-refractivity contribution in [2.24, 2.45) is 5.73 Å². The van der Waals surface area contributed by atoms with E-state index in [0.29, 0.717) is 49.6 Å². The predicted molar refractivity (Wildman–Crippen MR) is 176 cm³/mol. The molecule has 3 aromatic carbocycles. The van der Waals surface area contributed by atoms with Crippen LogP contribution in [0.5, 0.6) is 0 Å². The molecular weight excluding hydrogens is 647 g/mol. The standard InChI is InChI=1S/C36H41ClF3N3O5/c1-35(2,3)48-34(45)43-20-27(47-36(21-43)13-15-46-16-14-36)11-12-28-29(40)5-4-6-30(28)42-33(44)32(41)31(22-7-9-24(37)10-8-22)23-17-25(38)19-26(39)18-23/h4-10,17-19,27,31-32H,11-16,20-21,41H2,1-3H3,(H,42,44)/t27?,31-,32-/m0/s1. The number of amides is 2. The summed E-state index contributed by atoms with van der Waals surface area (Å²) in [5.41, 5.74) is 6.32. The molecule has 0 aromatic heterocycles. The van der Waals surface area contributed by atoms with Gasteiger partial charge in [0.15, 0.2) is 0 Å². The van der Waals surface area contributed by atoms with Crippen molar-refractivity contribution in [1.82, 2.24) is 4.90 Å². The van der Waals surface area contributed by atoms with Crippen molar-refractivity contribution in [3.05, 3.63) is 99.8 Å². The minimum atomic E-state index is -1.32. The van der Waals surface area contributed by atoms with Crippen LogP contribution in [0.4, 0.5) is 23.7 Å². The highest BCUT2D eigenvalue weighted by atomic mass is 35.5. The van der Waals surface area contributed by atoms with Crippen molar-refractivity contribution < 1.29 is 37.0 Å². The van der Waals surface area contributed by atoms with Crippen LogP contribution in [-0.2, 0) is 25.4 Å². The Bertz CT molecular complexity index is 1590. The molecule has 1 spiro atoms. The van der Waals surface area contributed by atoms with Gasteiger partial charge in [0.05, 0.1) is 30.8 Å². The molecule has 2 heterocycles. The minimum Gasteiger partial charge on any atom is -0.444 e. The first-order valence-electron chi connectivity index (χ1n) is 16.0. The highest BCUT2D eigenvalue weighted by Gasteiger charge is 2.44. The van der Waals surface area contributed by atoms with Gasteiger partial charge in [-0.1, -0.05) is 29.8 Å². The molecule has 0 saturated carbocycles. The first-order valence-corrected chi connectivity index (χ1v) is 16.4. The minimum absolute atomic E-state index is 0.156. The molecule has 2 amide bonds. The van der Waals surface area contributed by atoms with Crippen LogP contribution in [0.3, 0.4) is 0 Å². The predicted octanol–water partition coefficient (Wildman–Crippen LogP) is 6.97. The fraction of sp³-hybridized carbons (Fsp3) is 0.444.